The first-order chi connectivity index (χ1) is 16.5. The van der Waals surface area contributed by atoms with Crippen molar-refractivity contribution in [3.8, 4) is 0 Å². The molecule has 35 heavy (non-hydrogen) atoms. The Morgan fingerprint density at radius 1 is 1.20 bits per heavy atom. The highest BCUT2D eigenvalue weighted by molar-refractivity contribution is 7.88. The molecule has 1 saturated heterocycles. The number of nitrogens with zero attached hydrogens (tertiary/aromatic N) is 3. The molecule has 1 spiro atoms. The van der Waals surface area contributed by atoms with Crippen molar-refractivity contribution in [3.05, 3.63) is 47.1 Å². The third-order valence-electron chi connectivity index (χ3n) is 6.69. The van der Waals surface area contributed by atoms with Gasteiger partial charge >= 0.3 is 6.18 Å². The molecule has 188 valence electrons. The molecule has 7 nitrogen and oxygen atoms in total. The predicted octanol–water partition coefficient (Wildman–Crippen LogP) is 4.32. The van der Waals surface area contributed by atoms with Crippen LogP contribution >= 0.6 is 11.3 Å². The van der Waals surface area contributed by atoms with Gasteiger partial charge in [-0.3, -0.25) is 0 Å². The number of hydrogen-bond acceptors (Lipinski definition) is 7. The van der Waals surface area contributed by atoms with Crippen molar-refractivity contribution in [2.24, 2.45) is 5.41 Å². The molecular weight excluding hydrogens is 499 g/mol. The maximum Gasteiger partial charge on any atom is 0.393 e. The van der Waals surface area contributed by atoms with E-state index in [9.17, 15) is 21.6 Å². The van der Waals surface area contributed by atoms with E-state index < -0.39 is 22.6 Å². The summed E-state index contributed by atoms with van der Waals surface area (Å²) in [7, 11) is -3.22. The van der Waals surface area contributed by atoms with Crippen molar-refractivity contribution < 1.29 is 21.6 Å². The number of rotatable bonds is 7. The molecule has 1 saturated carbocycles. The quantitative estimate of drug-likeness (QED) is 0.478. The fourth-order valence-corrected chi connectivity index (χ4v) is 6.59. The third kappa shape index (κ3) is 5.70. The Bertz CT molecular complexity index is 1320. The highest BCUT2D eigenvalue weighted by Crippen LogP contribution is 2.50. The summed E-state index contributed by atoms with van der Waals surface area (Å²) in [4.78, 5) is 11.7. The molecule has 3 heterocycles. The monoisotopic (exact) mass is 525 g/mol. The average Bonchev–Trinajstić information content (AvgIpc) is 3.35. The van der Waals surface area contributed by atoms with Crippen LogP contribution in [-0.2, 0) is 23.0 Å². The van der Waals surface area contributed by atoms with Crippen LogP contribution in [0.1, 0.15) is 29.7 Å². The molecule has 3 aromatic rings. The Morgan fingerprint density at radius 3 is 2.63 bits per heavy atom. The van der Waals surface area contributed by atoms with Gasteiger partial charge in [-0.2, -0.15) is 13.2 Å². The highest BCUT2D eigenvalue weighted by Gasteiger charge is 2.49. The molecule has 2 aromatic heterocycles. The minimum absolute atomic E-state index is 0.180. The number of benzene rings is 1. The van der Waals surface area contributed by atoms with Crippen LogP contribution in [-0.4, -0.2) is 49.9 Å². The van der Waals surface area contributed by atoms with E-state index in [1.54, 1.807) is 6.07 Å². The van der Waals surface area contributed by atoms with E-state index in [2.05, 4.69) is 24.9 Å². The van der Waals surface area contributed by atoms with Crippen LogP contribution < -0.4 is 14.9 Å². The molecule has 2 N–H and O–H groups in total. The second-order valence-corrected chi connectivity index (χ2v) is 12.6. The van der Waals surface area contributed by atoms with Gasteiger partial charge in [0.05, 0.1) is 18.1 Å². The van der Waals surface area contributed by atoms with E-state index in [4.69, 9.17) is 0 Å². The zero-order chi connectivity index (χ0) is 24.8. The van der Waals surface area contributed by atoms with E-state index in [-0.39, 0.29) is 16.8 Å². The lowest BCUT2D eigenvalue weighted by atomic mass is 9.65. The summed E-state index contributed by atoms with van der Waals surface area (Å²) in [5.41, 5.74) is 2.07. The summed E-state index contributed by atoms with van der Waals surface area (Å²) >= 11 is 1.08. The number of alkyl halides is 3. The minimum atomic E-state index is -4.24. The largest absolute Gasteiger partial charge is 0.393 e. The van der Waals surface area contributed by atoms with Crippen molar-refractivity contribution in [1.82, 2.24) is 14.7 Å². The number of nitrogens with one attached hydrogen (secondary N) is 2. The molecule has 1 aliphatic heterocycles. The van der Waals surface area contributed by atoms with Crippen LogP contribution in [0.25, 0.3) is 10.2 Å². The molecule has 1 aromatic carbocycles. The first-order valence-electron chi connectivity index (χ1n) is 11.3. The summed E-state index contributed by atoms with van der Waals surface area (Å²) in [5.74, 6) is 0.728. The van der Waals surface area contributed by atoms with Gasteiger partial charge in [-0.15, -0.1) is 11.3 Å². The number of anilines is 2. The van der Waals surface area contributed by atoms with E-state index in [1.165, 1.54) is 6.33 Å². The van der Waals surface area contributed by atoms with E-state index >= 15 is 0 Å². The fourth-order valence-electron chi connectivity index (χ4n) is 5.14. The second-order valence-electron chi connectivity index (χ2n) is 9.63. The standard InChI is InChI=1S/C23H26F3N5O2S2/c1-35(32,33)29-12-15-2-4-16(5-3-15)30-17-9-22(10-17)6-7-31(13-22)20-19-8-18(11-23(24,25)26)34-21(19)28-14-27-20/h2-5,8,14,17,29-30H,6-7,9-13H2,1H3. The molecule has 12 heteroatoms. The maximum atomic E-state index is 12.8. The maximum absolute atomic E-state index is 12.8. The first-order valence-corrected chi connectivity index (χ1v) is 14.0. The number of halogens is 3. The number of aromatic nitrogens is 2. The Morgan fingerprint density at radius 2 is 1.94 bits per heavy atom. The zero-order valence-electron chi connectivity index (χ0n) is 19.1. The van der Waals surface area contributed by atoms with Crippen LogP contribution in [0.2, 0.25) is 0 Å². The van der Waals surface area contributed by atoms with Crippen molar-refractivity contribution in [2.75, 3.05) is 29.6 Å². The molecule has 2 aliphatic rings. The van der Waals surface area contributed by atoms with Crippen molar-refractivity contribution in [1.29, 1.82) is 0 Å². The van der Waals surface area contributed by atoms with Gasteiger partial charge in [-0.05, 0) is 48.4 Å². The van der Waals surface area contributed by atoms with Gasteiger partial charge < -0.3 is 10.2 Å². The van der Waals surface area contributed by atoms with Gasteiger partial charge in [0.15, 0.2) is 0 Å². The molecular formula is C23H26F3N5O2S2. The first kappa shape index (κ1) is 24.3. The van der Waals surface area contributed by atoms with E-state index in [0.29, 0.717) is 16.3 Å². The lowest BCUT2D eigenvalue weighted by molar-refractivity contribution is -0.126. The van der Waals surface area contributed by atoms with Gasteiger partial charge in [-0.25, -0.2) is 23.1 Å². The molecule has 5 rings (SSSR count). The Kier molecular flexibility index (Phi) is 6.17. The van der Waals surface area contributed by atoms with E-state index in [0.717, 1.165) is 67.0 Å². The zero-order valence-corrected chi connectivity index (χ0v) is 20.7. The Hall–Kier alpha value is -2.44. The number of hydrogen-bond donors (Lipinski definition) is 2. The summed E-state index contributed by atoms with van der Waals surface area (Å²) in [6.07, 6.45) is 0.436. The summed E-state index contributed by atoms with van der Waals surface area (Å²) in [5, 5.41) is 4.25. The van der Waals surface area contributed by atoms with Crippen molar-refractivity contribution >= 4 is 43.1 Å². The Labute approximate surface area is 205 Å². The summed E-state index contributed by atoms with van der Waals surface area (Å²) in [6.45, 7) is 1.92. The smallest absolute Gasteiger partial charge is 0.382 e. The van der Waals surface area contributed by atoms with Crippen LogP contribution in [0.15, 0.2) is 36.7 Å². The molecule has 0 radical (unpaired) electrons. The minimum Gasteiger partial charge on any atom is -0.382 e. The molecule has 1 aliphatic carbocycles. The summed E-state index contributed by atoms with van der Waals surface area (Å²) < 4.78 is 63.5. The lowest BCUT2D eigenvalue weighted by Gasteiger charge is -2.46. The number of sulfonamides is 1. The fraction of sp³-hybridized carbons (Fsp3) is 0.478. The number of fused-ring (bicyclic) bond motifs is 1. The average molecular weight is 526 g/mol. The topological polar surface area (TPSA) is 87.2 Å². The SMILES string of the molecule is CS(=O)(=O)NCc1ccc(NC2CC3(CCN(c4ncnc5sc(CC(F)(F)F)cc45)C3)C2)cc1. The predicted molar refractivity (Wildman–Crippen MR) is 131 cm³/mol. The normalized spacial score (nSPS) is 22.6. The molecule has 0 atom stereocenters. The summed E-state index contributed by atoms with van der Waals surface area (Å²) in [6, 6.07) is 9.66. The van der Waals surface area contributed by atoms with Gasteiger partial charge in [0.2, 0.25) is 10.0 Å². The van der Waals surface area contributed by atoms with Gasteiger partial charge in [0.1, 0.15) is 17.0 Å². The Balaban J connectivity index is 1.19. The highest BCUT2D eigenvalue weighted by atomic mass is 32.2. The molecule has 0 bridgehead atoms. The van der Waals surface area contributed by atoms with Gasteiger partial charge in [0.25, 0.3) is 0 Å². The van der Waals surface area contributed by atoms with Crippen LogP contribution in [0.5, 0.6) is 0 Å². The van der Waals surface area contributed by atoms with Crippen molar-refractivity contribution in [3.63, 3.8) is 0 Å². The number of thiophene rings is 1. The van der Waals surface area contributed by atoms with Gasteiger partial charge in [0, 0.05) is 36.2 Å². The third-order valence-corrected chi connectivity index (χ3v) is 8.41. The van der Waals surface area contributed by atoms with Crippen molar-refractivity contribution in [2.45, 2.75) is 44.4 Å². The van der Waals surface area contributed by atoms with Crippen LogP contribution in [0, 0.1) is 5.41 Å². The van der Waals surface area contributed by atoms with Crippen LogP contribution in [0.3, 0.4) is 0 Å². The van der Waals surface area contributed by atoms with Crippen LogP contribution in [0.4, 0.5) is 24.7 Å². The van der Waals surface area contributed by atoms with Gasteiger partial charge in [-0.1, -0.05) is 12.1 Å². The second kappa shape index (κ2) is 8.90. The lowest BCUT2D eigenvalue weighted by Crippen LogP contribution is -2.46. The molecule has 0 unspecified atom stereocenters. The molecule has 2 fully saturated rings. The molecule has 0 amide bonds. The van der Waals surface area contributed by atoms with E-state index in [1.807, 2.05) is 24.3 Å².